The molecule has 0 radical (unpaired) electrons. The highest BCUT2D eigenvalue weighted by Gasteiger charge is 2.11. The third-order valence-corrected chi connectivity index (χ3v) is 3.53. The predicted octanol–water partition coefficient (Wildman–Crippen LogP) is 3.04. The van der Waals surface area contributed by atoms with Gasteiger partial charge in [-0.05, 0) is 51.8 Å². The van der Waals surface area contributed by atoms with E-state index in [1.54, 1.807) is 0 Å². The quantitative estimate of drug-likeness (QED) is 0.615. The second-order valence-corrected chi connectivity index (χ2v) is 5.76. The molecule has 0 spiro atoms. The van der Waals surface area contributed by atoms with Crippen LogP contribution in [-0.4, -0.2) is 43.7 Å². The van der Waals surface area contributed by atoms with E-state index in [9.17, 15) is 0 Å². The van der Waals surface area contributed by atoms with Crippen molar-refractivity contribution >= 4 is 23.0 Å². The molecule has 0 saturated heterocycles. The Bertz CT molecular complexity index is 401. The summed E-state index contributed by atoms with van der Waals surface area (Å²) in [7, 11) is 4.17. The van der Waals surface area contributed by atoms with Crippen molar-refractivity contribution in [3.8, 4) is 0 Å². The maximum Gasteiger partial charge on any atom is 0.173 e. The Morgan fingerprint density at radius 2 is 1.80 bits per heavy atom. The SMILES string of the molecule is CCCCNC(=S)N(CCN(C)C)c1ccc(C)cc1. The zero-order valence-corrected chi connectivity index (χ0v) is 14.0. The first-order valence-corrected chi connectivity index (χ1v) is 7.72. The fourth-order valence-electron chi connectivity index (χ4n) is 1.84. The number of benzene rings is 1. The van der Waals surface area contributed by atoms with E-state index >= 15 is 0 Å². The lowest BCUT2D eigenvalue weighted by molar-refractivity contribution is 0.419. The minimum Gasteiger partial charge on any atom is -0.362 e. The summed E-state index contributed by atoms with van der Waals surface area (Å²) in [5.74, 6) is 0. The number of rotatable bonds is 7. The molecule has 0 bridgehead atoms. The van der Waals surface area contributed by atoms with E-state index in [0.717, 1.165) is 36.9 Å². The summed E-state index contributed by atoms with van der Waals surface area (Å²) in [5, 5.41) is 4.18. The Labute approximate surface area is 129 Å². The minimum atomic E-state index is 0.823. The first-order valence-electron chi connectivity index (χ1n) is 7.31. The number of anilines is 1. The molecule has 1 aromatic rings. The molecule has 0 atom stereocenters. The molecule has 0 aromatic heterocycles. The second-order valence-electron chi connectivity index (χ2n) is 5.38. The zero-order valence-electron chi connectivity index (χ0n) is 13.1. The summed E-state index contributed by atoms with van der Waals surface area (Å²) in [6, 6.07) is 8.54. The van der Waals surface area contributed by atoms with Gasteiger partial charge in [0.15, 0.2) is 5.11 Å². The number of aryl methyl sites for hydroxylation is 1. The van der Waals surface area contributed by atoms with Crippen molar-refractivity contribution in [2.24, 2.45) is 0 Å². The third kappa shape index (κ3) is 5.88. The van der Waals surface area contributed by atoms with E-state index in [1.165, 1.54) is 12.0 Å². The summed E-state index contributed by atoms with van der Waals surface area (Å²) >= 11 is 5.55. The molecule has 0 aliphatic rings. The highest BCUT2D eigenvalue weighted by atomic mass is 32.1. The predicted molar refractivity (Wildman–Crippen MR) is 92.6 cm³/mol. The fraction of sp³-hybridized carbons (Fsp3) is 0.562. The van der Waals surface area contributed by atoms with Crippen LogP contribution in [-0.2, 0) is 0 Å². The molecule has 0 amide bonds. The van der Waals surface area contributed by atoms with E-state index in [0.29, 0.717) is 0 Å². The molecule has 112 valence electrons. The summed E-state index contributed by atoms with van der Waals surface area (Å²) in [6.45, 7) is 7.11. The van der Waals surface area contributed by atoms with Crippen LogP contribution in [0.2, 0.25) is 0 Å². The van der Waals surface area contributed by atoms with Crippen LogP contribution in [0.5, 0.6) is 0 Å². The van der Waals surface area contributed by atoms with Crippen molar-refractivity contribution in [1.82, 2.24) is 10.2 Å². The van der Waals surface area contributed by atoms with Crippen LogP contribution < -0.4 is 10.2 Å². The first kappa shape index (κ1) is 16.9. The highest BCUT2D eigenvalue weighted by Crippen LogP contribution is 2.15. The maximum absolute atomic E-state index is 5.55. The van der Waals surface area contributed by atoms with Crippen molar-refractivity contribution in [1.29, 1.82) is 0 Å². The van der Waals surface area contributed by atoms with Crippen LogP contribution in [0.25, 0.3) is 0 Å². The molecule has 20 heavy (non-hydrogen) atoms. The van der Waals surface area contributed by atoms with Gasteiger partial charge in [0, 0.05) is 25.3 Å². The second kappa shape index (κ2) is 8.93. The average Bonchev–Trinajstić information content (AvgIpc) is 2.41. The van der Waals surface area contributed by atoms with Gasteiger partial charge in [-0.15, -0.1) is 0 Å². The van der Waals surface area contributed by atoms with E-state index in [-0.39, 0.29) is 0 Å². The van der Waals surface area contributed by atoms with Gasteiger partial charge < -0.3 is 15.1 Å². The molecule has 1 rings (SSSR count). The molecule has 1 N–H and O–H groups in total. The lowest BCUT2D eigenvalue weighted by Crippen LogP contribution is -2.43. The lowest BCUT2D eigenvalue weighted by Gasteiger charge is -2.27. The Kier molecular flexibility index (Phi) is 7.55. The van der Waals surface area contributed by atoms with Crippen LogP contribution in [0.15, 0.2) is 24.3 Å². The van der Waals surface area contributed by atoms with Gasteiger partial charge in [0.1, 0.15) is 0 Å². The molecule has 0 aliphatic carbocycles. The third-order valence-electron chi connectivity index (χ3n) is 3.17. The number of nitrogens with zero attached hydrogens (tertiary/aromatic N) is 2. The topological polar surface area (TPSA) is 18.5 Å². The molecule has 0 unspecified atom stereocenters. The summed E-state index contributed by atoms with van der Waals surface area (Å²) < 4.78 is 0. The van der Waals surface area contributed by atoms with Crippen LogP contribution >= 0.6 is 12.2 Å². The summed E-state index contributed by atoms with van der Waals surface area (Å²) in [6.07, 6.45) is 2.33. The summed E-state index contributed by atoms with van der Waals surface area (Å²) in [5.41, 5.74) is 2.43. The van der Waals surface area contributed by atoms with Gasteiger partial charge in [0.2, 0.25) is 0 Å². The first-order chi connectivity index (χ1) is 9.54. The van der Waals surface area contributed by atoms with Crippen molar-refractivity contribution < 1.29 is 0 Å². The normalized spacial score (nSPS) is 10.7. The minimum absolute atomic E-state index is 0.823. The van der Waals surface area contributed by atoms with E-state index in [1.807, 2.05) is 0 Å². The Balaban J connectivity index is 2.73. The summed E-state index contributed by atoms with van der Waals surface area (Å²) in [4.78, 5) is 4.36. The number of likely N-dealkylation sites (N-methyl/N-ethyl adjacent to an activating group) is 1. The van der Waals surface area contributed by atoms with Crippen molar-refractivity contribution in [2.75, 3.05) is 38.6 Å². The Morgan fingerprint density at radius 1 is 1.15 bits per heavy atom. The van der Waals surface area contributed by atoms with Gasteiger partial charge in [-0.3, -0.25) is 0 Å². The van der Waals surface area contributed by atoms with Gasteiger partial charge in [-0.2, -0.15) is 0 Å². The van der Waals surface area contributed by atoms with Gasteiger partial charge in [0.05, 0.1) is 0 Å². The monoisotopic (exact) mass is 293 g/mol. The van der Waals surface area contributed by atoms with E-state index in [4.69, 9.17) is 12.2 Å². The highest BCUT2D eigenvalue weighted by molar-refractivity contribution is 7.80. The molecule has 0 aliphatic heterocycles. The Hall–Kier alpha value is -1.13. The van der Waals surface area contributed by atoms with Crippen LogP contribution in [0.1, 0.15) is 25.3 Å². The lowest BCUT2D eigenvalue weighted by atomic mass is 10.2. The molecule has 0 fully saturated rings. The number of hydrogen-bond donors (Lipinski definition) is 1. The average molecular weight is 293 g/mol. The number of thiocarbonyl (C=S) groups is 1. The number of hydrogen-bond acceptors (Lipinski definition) is 2. The Morgan fingerprint density at radius 3 is 2.35 bits per heavy atom. The van der Waals surface area contributed by atoms with Crippen LogP contribution in [0.4, 0.5) is 5.69 Å². The molecule has 4 heteroatoms. The molecule has 0 heterocycles. The van der Waals surface area contributed by atoms with Crippen molar-refractivity contribution in [3.05, 3.63) is 29.8 Å². The standard InChI is InChI=1S/C16H27N3S/c1-5-6-11-17-16(20)19(13-12-18(3)4)15-9-7-14(2)8-10-15/h7-10H,5-6,11-13H2,1-4H3,(H,17,20). The largest absolute Gasteiger partial charge is 0.362 e. The van der Waals surface area contributed by atoms with Gasteiger partial charge in [0.25, 0.3) is 0 Å². The van der Waals surface area contributed by atoms with Crippen LogP contribution in [0.3, 0.4) is 0 Å². The van der Waals surface area contributed by atoms with Crippen molar-refractivity contribution in [3.63, 3.8) is 0 Å². The molecular formula is C16H27N3S. The van der Waals surface area contributed by atoms with Crippen molar-refractivity contribution in [2.45, 2.75) is 26.7 Å². The van der Waals surface area contributed by atoms with Gasteiger partial charge in [-0.1, -0.05) is 31.0 Å². The van der Waals surface area contributed by atoms with Crippen LogP contribution in [0, 0.1) is 6.92 Å². The number of unbranched alkanes of at least 4 members (excludes halogenated alkanes) is 1. The van der Waals surface area contributed by atoms with Gasteiger partial charge >= 0.3 is 0 Å². The fourth-order valence-corrected chi connectivity index (χ4v) is 2.14. The molecule has 1 aromatic carbocycles. The molecular weight excluding hydrogens is 266 g/mol. The van der Waals surface area contributed by atoms with E-state index < -0.39 is 0 Å². The maximum atomic E-state index is 5.55. The molecule has 0 saturated carbocycles. The molecule has 3 nitrogen and oxygen atoms in total. The van der Waals surface area contributed by atoms with Gasteiger partial charge in [-0.25, -0.2) is 0 Å². The number of nitrogens with one attached hydrogen (secondary N) is 1. The van der Waals surface area contributed by atoms with E-state index in [2.05, 4.69) is 67.3 Å². The smallest absolute Gasteiger partial charge is 0.173 e. The zero-order chi connectivity index (χ0) is 15.0.